The summed E-state index contributed by atoms with van der Waals surface area (Å²) >= 11 is 1.77. The third-order valence-corrected chi connectivity index (χ3v) is 7.89. The van der Waals surface area contributed by atoms with Crippen LogP contribution in [0.3, 0.4) is 0 Å². The quantitative estimate of drug-likeness (QED) is 0.275. The van der Waals surface area contributed by atoms with Crippen LogP contribution in [-0.2, 0) is 0 Å². The van der Waals surface area contributed by atoms with Crippen LogP contribution in [0.2, 0.25) is 0 Å². The molecule has 0 radical (unpaired) electrons. The second kappa shape index (κ2) is 9.10. The highest BCUT2D eigenvalue weighted by Gasteiger charge is 2.17. The molecule has 7 rings (SSSR count). The van der Waals surface area contributed by atoms with Crippen LogP contribution < -0.4 is 10.1 Å². The molecule has 7 heterocycles. The Bertz CT molecular complexity index is 1730. The zero-order chi connectivity index (χ0) is 24.8. The number of aryl methyl sites for hydroxylation is 1. The number of nitrogens with zero attached hydrogens (tertiary/aromatic N) is 4. The molecule has 8 nitrogen and oxygen atoms in total. The Morgan fingerprint density at radius 1 is 0.919 bits per heavy atom. The van der Waals surface area contributed by atoms with Crippen LogP contribution in [0.25, 0.3) is 54.9 Å². The van der Waals surface area contributed by atoms with Crippen molar-refractivity contribution in [3.63, 3.8) is 0 Å². The molecule has 37 heavy (non-hydrogen) atoms. The topological polar surface area (TPSA) is 104 Å². The van der Waals surface area contributed by atoms with E-state index in [0.717, 1.165) is 81.7 Å². The number of H-pyrrole nitrogens is 2. The molecule has 184 valence electrons. The number of thiophene rings is 1. The number of pyridine rings is 3. The van der Waals surface area contributed by atoms with Gasteiger partial charge in [-0.2, -0.15) is 5.10 Å². The largest absolute Gasteiger partial charge is 0.489 e. The van der Waals surface area contributed by atoms with Gasteiger partial charge >= 0.3 is 0 Å². The Hall–Kier alpha value is -4.08. The molecule has 1 fully saturated rings. The first kappa shape index (κ1) is 22.1. The highest BCUT2D eigenvalue weighted by atomic mass is 32.1. The summed E-state index contributed by atoms with van der Waals surface area (Å²) in [6.45, 7) is 4.09. The van der Waals surface area contributed by atoms with Gasteiger partial charge in [0.15, 0.2) is 5.65 Å². The van der Waals surface area contributed by atoms with Crippen molar-refractivity contribution in [2.75, 3.05) is 13.1 Å². The fourth-order valence-corrected chi connectivity index (χ4v) is 5.86. The molecule has 0 aromatic carbocycles. The zero-order valence-corrected chi connectivity index (χ0v) is 21.1. The number of hydrogen-bond donors (Lipinski definition) is 3. The van der Waals surface area contributed by atoms with Crippen molar-refractivity contribution in [1.82, 2.24) is 35.5 Å². The molecule has 0 amide bonds. The molecule has 0 spiro atoms. The number of ether oxygens (including phenoxy) is 1. The first-order valence-electron chi connectivity index (χ1n) is 12.4. The average Bonchev–Trinajstić information content (AvgIpc) is 3.66. The fourth-order valence-electron chi connectivity index (χ4n) is 4.97. The van der Waals surface area contributed by atoms with Crippen LogP contribution in [0.4, 0.5) is 0 Å². The average molecular weight is 508 g/mol. The van der Waals surface area contributed by atoms with Gasteiger partial charge < -0.3 is 15.0 Å². The molecular formula is C28H25N7OS. The normalized spacial score (nSPS) is 14.5. The Kier molecular flexibility index (Phi) is 5.44. The summed E-state index contributed by atoms with van der Waals surface area (Å²) in [5.41, 5.74) is 6.50. The molecule has 6 aromatic heterocycles. The van der Waals surface area contributed by atoms with Gasteiger partial charge in [-0.15, -0.1) is 11.3 Å². The summed E-state index contributed by atoms with van der Waals surface area (Å²) in [6.07, 6.45) is 11.5. The first-order chi connectivity index (χ1) is 18.2. The second-order valence-electron chi connectivity index (χ2n) is 9.41. The maximum atomic E-state index is 6.21. The number of hydrogen-bond acceptors (Lipinski definition) is 7. The summed E-state index contributed by atoms with van der Waals surface area (Å²) in [4.78, 5) is 19.6. The summed E-state index contributed by atoms with van der Waals surface area (Å²) < 4.78 is 6.21. The van der Waals surface area contributed by atoms with Crippen LogP contribution in [0, 0.1) is 6.92 Å². The molecular weight excluding hydrogens is 482 g/mol. The second-order valence-corrected chi connectivity index (χ2v) is 10.7. The van der Waals surface area contributed by atoms with E-state index in [1.54, 1.807) is 17.5 Å². The van der Waals surface area contributed by atoms with Crippen molar-refractivity contribution in [1.29, 1.82) is 0 Å². The molecule has 0 bridgehead atoms. The van der Waals surface area contributed by atoms with Gasteiger partial charge in [0.1, 0.15) is 17.5 Å². The zero-order valence-electron chi connectivity index (χ0n) is 20.3. The van der Waals surface area contributed by atoms with E-state index in [-0.39, 0.29) is 6.10 Å². The van der Waals surface area contributed by atoms with Gasteiger partial charge in [-0.3, -0.25) is 15.1 Å². The minimum Gasteiger partial charge on any atom is -0.489 e. The molecule has 1 aliphatic heterocycles. The Morgan fingerprint density at radius 2 is 1.78 bits per heavy atom. The predicted octanol–water partition coefficient (Wildman–Crippen LogP) is 5.73. The number of fused-ring (bicyclic) bond motifs is 2. The van der Waals surface area contributed by atoms with Crippen LogP contribution >= 0.6 is 11.3 Å². The molecule has 0 aliphatic carbocycles. The maximum absolute atomic E-state index is 6.21. The SMILES string of the molecule is Cc1ccc(-c2cncc3[nH]c(-c4n[nH]c5ncc(-c6cncc(OC7CCNCC7)c6)cc45)cc23)s1. The van der Waals surface area contributed by atoms with Crippen molar-refractivity contribution in [3.8, 4) is 38.7 Å². The van der Waals surface area contributed by atoms with E-state index in [1.807, 2.05) is 30.9 Å². The van der Waals surface area contributed by atoms with Gasteiger partial charge in [-0.1, -0.05) is 0 Å². The summed E-state index contributed by atoms with van der Waals surface area (Å²) in [6, 6.07) is 10.6. The predicted molar refractivity (Wildman–Crippen MR) is 147 cm³/mol. The van der Waals surface area contributed by atoms with Gasteiger partial charge in [-0.05, 0) is 63.2 Å². The minimum atomic E-state index is 0.221. The number of aromatic amines is 2. The fraction of sp³-hybridized carbons (Fsp3) is 0.214. The highest BCUT2D eigenvalue weighted by molar-refractivity contribution is 7.15. The molecule has 0 unspecified atom stereocenters. The lowest BCUT2D eigenvalue weighted by molar-refractivity contribution is 0.162. The Morgan fingerprint density at radius 3 is 2.65 bits per heavy atom. The Balaban J connectivity index is 1.26. The number of rotatable bonds is 5. The lowest BCUT2D eigenvalue weighted by atomic mass is 10.1. The van der Waals surface area contributed by atoms with E-state index in [0.29, 0.717) is 0 Å². The lowest BCUT2D eigenvalue weighted by Crippen LogP contribution is -2.34. The van der Waals surface area contributed by atoms with Gasteiger partial charge in [0, 0.05) is 55.8 Å². The van der Waals surface area contributed by atoms with Crippen LogP contribution in [0.15, 0.2) is 61.3 Å². The highest BCUT2D eigenvalue weighted by Crippen LogP contribution is 2.36. The number of piperidine rings is 1. The van der Waals surface area contributed by atoms with Crippen molar-refractivity contribution >= 4 is 33.3 Å². The van der Waals surface area contributed by atoms with E-state index in [2.05, 4.69) is 66.6 Å². The first-order valence-corrected chi connectivity index (χ1v) is 13.2. The third kappa shape index (κ3) is 4.16. The summed E-state index contributed by atoms with van der Waals surface area (Å²) in [7, 11) is 0. The molecule has 9 heteroatoms. The molecule has 1 aliphatic rings. The molecule has 0 atom stereocenters. The monoisotopic (exact) mass is 507 g/mol. The van der Waals surface area contributed by atoms with Crippen LogP contribution in [-0.4, -0.2) is 49.3 Å². The van der Waals surface area contributed by atoms with Crippen molar-refractivity contribution in [2.24, 2.45) is 0 Å². The van der Waals surface area contributed by atoms with Crippen LogP contribution in [0.5, 0.6) is 5.75 Å². The van der Waals surface area contributed by atoms with Gasteiger partial charge in [0.05, 0.1) is 23.6 Å². The smallest absolute Gasteiger partial charge is 0.155 e. The standard InChI is InChI=1S/C28H25N7OS/c1-16-2-3-26(37-16)23-14-31-15-25-21(23)10-24(33-25)27-22-9-18(12-32-28(22)35-34-27)17-8-20(13-30-11-17)36-19-4-6-29-7-5-19/h2-3,8-15,19,29,33H,4-7H2,1H3,(H,32,34,35). The number of nitrogens with one attached hydrogen (secondary N) is 3. The minimum absolute atomic E-state index is 0.221. The van der Waals surface area contributed by atoms with E-state index < -0.39 is 0 Å². The molecule has 1 saturated heterocycles. The van der Waals surface area contributed by atoms with Crippen LogP contribution in [0.1, 0.15) is 17.7 Å². The lowest BCUT2D eigenvalue weighted by Gasteiger charge is -2.23. The van der Waals surface area contributed by atoms with Crippen molar-refractivity contribution < 1.29 is 4.74 Å². The Labute approximate surface area is 217 Å². The van der Waals surface area contributed by atoms with Gasteiger partial charge in [0.2, 0.25) is 0 Å². The van der Waals surface area contributed by atoms with E-state index in [4.69, 9.17) is 4.74 Å². The summed E-state index contributed by atoms with van der Waals surface area (Å²) in [5.74, 6) is 0.788. The van der Waals surface area contributed by atoms with E-state index in [1.165, 1.54) is 9.75 Å². The summed E-state index contributed by atoms with van der Waals surface area (Å²) in [5, 5.41) is 13.1. The van der Waals surface area contributed by atoms with E-state index in [9.17, 15) is 0 Å². The van der Waals surface area contributed by atoms with Crippen molar-refractivity contribution in [3.05, 3.63) is 66.2 Å². The van der Waals surface area contributed by atoms with Gasteiger partial charge in [-0.25, -0.2) is 4.98 Å². The van der Waals surface area contributed by atoms with E-state index >= 15 is 0 Å². The van der Waals surface area contributed by atoms with Crippen molar-refractivity contribution in [2.45, 2.75) is 25.9 Å². The molecule has 3 N–H and O–H groups in total. The molecule has 6 aromatic rings. The number of aromatic nitrogens is 6. The van der Waals surface area contributed by atoms with Gasteiger partial charge in [0.25, 0.3) is 0 Å². The maximum Gasteiger partial charge on any atom is 0.155 e. The third-order valence-electron chi connectivity index (χ3n) is 6.86. The molecule has 0 saturated carbocycles.